The molecular formula is C12H17N3O4. The van der Waals surface area contributed by atoms with Crippen molar-refractivity contribution in [3.05, 3.63) is 45.5 Å². The van der Waals surface area contributed by atoms with Gasteiger partial charge in [-0.2, -0.15) is 0 Å². The first-order chi connectivity index (χ1) is 9.02. The van der Waals surface area contributed by atoms with Crippen molar-refractivity contribution in [1.82, 2.24) is 10.9 Å². The Bertz CT molecular complexity index is 433. The van der Waals surface area contributed by atoms with Gasteiger partial charge >= 0.3 is 6.09 Å². The third kappa shape index (κ3) is 5.35. The number of carbonyl (C=O) groups excluding carboxylic acids is 1. The predicted octanol–water partition coefficient (Wildman–Crippen LogP) is 1.56. The normalized spacial score (nSPS) is 11.7. The second-order valence-electron chi connectivity index (χ2n) is 3.97. The summed E-state index contributed by atoms with van der Waals surface area (Å²) in [6, 6.07) is 6.66. The minimum absolute atomic E-state index is 0.234. The Morgan fingerprint density at radius 1 is 1.42 bits per heavy atom. The topological polar surface area (TPSA) is 93.5 Å². The molecule has 0 bridgehead atoms. The fourth-order valence-corrected chi connectivity index (χ4v) is 1.50. The second-order valence-corrected chi connectivity index (χ2v) is 3.97. The quantitative estimate of drug-likeness (QED) is 0.602. The third-order valence-corrected chi connectivity index (χ3v) is 2.44. The Morgan fingerprint density at radius 2 is 2.05 bits per heavy atom. The summed E-state index contributed by atoms with van der Waals surface area (Å²) in [5.41, 5.74) is 6.67. The highest BCUT2D eigenvalue weighted by molar-refractivity contribution is 5.66. The number of ether oxygens (including phenoxy) is 1. The van der Waals surface area contributed by atoms with Crippen molar-refractivity contribution in [2.75, 3.05) is 13.2 Å². The maximum Gasteiger partial charge on any atom is 0.421 e. The monoisotopic (exact) mass is 267 g/mol. The molecule has 104 valence electrons. The first-order valence-electron chi connectivity index (χ1n) is 5.89. The van der Waals surface area contributed by atoms with Gasteiger partial charge in [0.25, 0.3) is 0 Å². The van der Waals surface area contributed by atoms with Crippen LogP contribution in [0.5, 0.6) is 0 Å². The molecule has 0 spiro atoms. The van der Waals surface area contributed by atoms with E-state index in [0.717, 1.165) is 11.1 Å². The number of carbonyl (C=O) groups is 1. The summed E-state index contributed by atoms with van der Waals surface area (Å²) in [4.78, 5) is 21.4. The zero-order valence-electron chi connectivity index (χ0n) is 10.9. The third-order valence-electron chi connectivity index (χ3n) is 2.44. The van der Waals surface area contributed by atoms with Gasteiger partial charge < -0.3 is 4.74 Å². The van der Waals surface area contributed by atoms with Crippen molar-refractivity contribution in [1.29, 1.82) is 0 Å². The van der Waals surface area contributed by atoms with Crippen LogP contribution < -0.4 is 10.9 Å². The number of nitro groups is 1. The van der Waals surface area contributed by atoms with Crippen molar-refractivity contribution in [2.45, 2.75) is 19.9 Å². The highest BCUT2D eigenvalue weighted by Crippen LogP contribution is 2.13. The number of hydrogen-bond acceptors (Lipinski definition) is 5. The van der Waals surface area contributed by atoms with Gasteiger partial charge in [0.05, 0.1) is 6.61 Å². The molecular weight excluding hydrogens is 250 g/mol. The molecule has 1 unspecified atom stereocenters. The van der Waals surface area contributed by atoms with Gasteiger partial charge in [-0.05, 0) is 19.4 Å². The first kappa shape index (κ1) is 14.9. The average Bonchev–Trinajstić information content (AvgIpc) is 2.35. The van der Waals surface area contributed by atoms with Crippen molar-refractivity contribution in [3.8, 4) is 0 Å². The van der Waals surface area contributed by atoms with E-state index in [1.165, 1.54) is 0 Å². The molecule has 1 aromatic rings. The molecule has 0 aliphatic heterocycles. The molecule has 0 radical (unpaired) electrons. The first-order valence-corrected chi connectivity index (χ1v) is 5.89. The molecule has 0 fully saturated rings. The number of benzene rings is 1. The molecule has 0 saturated carbocycles. The SMILES string of the molecule is CCOC(=O)NNC(C[N+](=O)[O-])c1ccc(C)cc1. The van der Waals surface area contributed by atoms with Gasteiger partial charge in [-0.3, -0.25) is 15.5 Å². The van der Waals surface area contributed by atoms with Crippen LogP contribution in [0.4, 0.5) is 4.79 Å². The van der Waals surface area contributed by atoms with E-state index in [-0.39, 0.29) is 13.2 Å². The Balaban J connectivity index is 2.69. The van der Waals surface area contributed by atoms with Gasteiger partial charge in [0.2, 0.25) is 6.54 Å². The van der Waals surface area contributed by atoms with Crippen LogP contribution in [0.15, 0.2) is 24.3 Å². The zero-order valence-corrected chi connectivity index (χ0v) is 10.9. The Labute approximate surface area is 111 Å². The van der Waals surface area contributed by atoms with Crippen LogP contribution >= 0.6 is 0 Å². The maximum atomic E-state index is 11.2. The van der Waals surface area contributed by atoms with E-state index in [9.17, 15) is 14.9 Å². The van der Waals surface area contributed by atoms with Gasteiger partial charge in [0.15, 0.2) is 0 Å². The average molecular weight is 267 g/mol. The number of amides is 1. The number of nitrogens with one attached hydrogen (secondary N) is 2. The molecule has 0 aliphatic carbocycles. The molecule has 1 aromatic carbocycles. The van der Waals surface area contributed by atoms with E-state index in [0.29, 0.717) is 0 Å². The van der Waals surface area contributed by atoms with Crippen LogP contribution in [0.25, 0.3) is 0 Å². The summed E-state index contributed by atoms with van der Waals surface area (Å²) >= 11 is 0. The van der Waals surface area contributed by atoms with Crippen LogP contribution in [-0.2, 0) is 4.74 Å². The zero-order chi connectivity index (χ0) is 14.3. The molecule has 1 rings (SSSR count). The Morgan fingerprint density at radius 3 is 2.58 bits per heavy atom. The minimum atomic E-state index is -0.664. The molecule has 1 amide bonds. The largest absolute Gasteiger partial charge is 0.449 e. The molecule has 7 heteroatoms. The fourth-order valence-electron chi connectivity index (χ4n) is 1.50. The molecule has 0 aromatic heterocycles. The lowest BCUT2D eigenvalue weighted by Crippen LogP contribution is -2.42. The van der Waals surface area contributed by atoms with E-state index in [1.54, 1.807) is 19.1 Å². The van der Waals surface area contributed by atoms with Gasteiger partial charge in [-0.25, -0.2) is 10.2 Å². The lowest BCUT2D eigenvalue weighted by molar-refractivity contribution is -0.484. The van der Waals surface area contributed by atoms with Crippen molar-refractivity contribution >= 4 is 6.09 Å². The lowest BCUT2D eigenvalue weighted by Gasteiger charge is -2.16. The molecule has 0 saturated heterocycles. The summed E-state index contributed by atoms with van der Waals surface area (Å²) < 4.78 is 4.67. The number of rotatable bonds is 6. The van der Waals surface area contributed by atoms with E-state index in [1.807, 2.05) is 19.1 Å². The summed E-state index contributed by atoms with van der Waals surface area (Å²) in [5, 5.41) is 10.6. The van der Waals surface area contributed by atoms with Crippen LogP contribution in [0.3, 0.4) is 0 Å². The summed E-state index contributed by atoms with van der Waals surface area (Å²) in [6.07, 6.45) is -0.664. The minimum Gasteiger partial charge on any atom is -0.449 e. The van der Waals surface area contributed by atoms with Gasteiger partial charge in [0.1, 0.15) is 6.04 Å². The van der Waals surface area contributed by atoms with Crippen LogP contribution in [0, 0.1) is 17.0 Å². The number of aryl methyl sites for hydroxylation is 1. The lowest BCUT2D eigenvalue weighted by atomic mass is 10.1. The summed E-state index contributed by atoms with van der Waals surface area (Å²) in [5.74, 6) is 0. The standard InChI is InChI=1S/C12H17N3O4/c1-3-19-12(16)14-13-11(8-15(17)18)10-6-4-9(2)5-7-10/h4-7,11,13H,3,8H2,1-2H3,(H,14,16). The summed E-state index contributed by atoms with van der Waals surface area (Å²) in [7, 11) is 0. The van der Waals surface area contributed by atoms with Gasteiger partial charge in [0, 0.05) is 4.92 Å². The van der Waals surface area contributed by atoms with Crippen molar-refractivity contribution in [2.24, 2.45) is 0 Å². The predicted molar refractivity (Wildman–Crippen MR) is 69.1 cm³/mol. The smallest absolute Gasteiger partial charge is 0.421 e. The molecule has 1 atom stereocenters. The Kier molecular flexibility index (Phi) is 5.74. The molecule has 2 N–H and O–H groups in total. The highest BCUT2D eigenvalue weighted by Gasteiger charge is 2.18. The van der Waals surface area contributed by atoms with E-state index in [4.69, 9.17) is 0 Å². The van der Waals surface area contributed by atoms with Crippen molar-refractivity contribution < 1.29 is 14.5 Å². The van der Waals surface area contributed by atoms with Crippen molar-refractivity contribution in [3.63, 3.8) is 0 Å². The van der Waals surface area contributed by atoms with Crippen LogP contribution in [-0.4, -0.2) is 24.2 Å². The van der Waals surface area contributed by atoms with Gasteiger partial charge in [-0.15, -0.1) is 0 Å². The molecule has 0 heterocycles. The highest BCUT2D eigenvalue weighted by atomic mass is 16.6. The maximum absolute atomic E-state index is 11.2. The molecule has 19 heavy (non-hydrogen) atoms. The van der Waals surface area contributed by atoms with Gasteiger partial charge in [-0.1, -0.05) is 29.8 Å². The second kappa shape index (κ2) is 7.32. The summed E-state index contributed by atoms with van der Waals surface area (Å²) in [6.45, 7) is 3.50. The number of nitrogens with zero attached hydrogens (tertiary/aromatic N) is 1. The van der Waals surface area contributed by atoms with E-state index >= 15 is 0 Å². The fraction of sp³-hybridized carbons (Fsp3) is 0.417. The number of hydrogen-bond donors (Lipinski definition) is 2. The molecule has 7 nitrogen and oxygen atoms in total. The van der Waals surface area contributed by atoms with Crippen LogP contribution in [0.2, 0.25) is 0 Å². The molecule has 0 aliphatic rings. The van der Waals surface area contributed by atoms with E-state index < -0.39 is 17.1 Å². The van der Waals surface area contributed by atoms with E-state index in [2.05, 4.69) is 15.6 Å². The van der Waals surface area contributed by atoms with Crippen LogP contribution in [0.1, 0.15) is 24.1 Å². The number of hydrazine groups is 1. The Hall–Kier alpha value is -2.15.